The lowest BCUT2D eigenvalue weighted by Crippen LogP contribution is -2.43. The number of carboxylic acids is 3. The van der Waals surface area contributed by atoms with Crippen molar-refractivity contribution in [2.75, 3.05) is 35.8 Å². The van der Waals surface area contributed by atoms with Crippen molar-refractivity contribution in [2.45, 2.75) is 58.2 Å². The van der Waals surface area contributed by atoms with Crippen LogP contribution in [0.3, 0.4) is 0 Å². The molecule has 0 aliphatic heterocycles. The molecule has 0 fully saturated rings. The van der Waals surface area contributed by atoms with Crippen molar-refractivity contribution in [1.29, 1.82) is 0 Å². The van der Waals surface area contributed by atoms with Crippen molar-refractivity contribution in [3.05, 3.63) is 0 Å². The monoisotopic (exact) mass is 426 g/mol. The van der Waals surface area contributed by atoms with Crippen molar-refractivity contribution in [3.8, 4) is 0 Å². The molecule has 1 heterocycles. The number of aliphatic carboxylic acids is 3. The third kappa shape index (κ3) is 5.45. The third-order valence-corrected chi connectivity index (χ3v) is 4.96. The molecule has 12 heteroatoms. The Kier molecular flexibility index (Phi) is 8.75. The van der Waals surface area contributed by atoms with Gasteiger partial charge in [0.1, 0.15) is 18.1 Å². The van der Waals surface area contributed by atoms with E-state index in [1.807, 2.05) is 0 Å². The molecule has 0 amide bonds. The largest absolute Gasteiger partial charge is 0.480 e. The van der Waals surface area contributed by atoms with Gasteiger partial charge in [0.25, 0.3) is 0 Å². The van der Waals surface area contributed by atoms with Crippen LogP contribution in [-0.2, 0) is 14.4 Å². The Morgan fingerprint density at radius 2 is 0.833 bits per heavy atom. The molecule has 0 radical (unpaired) electrons. The Balaban J connectivity index is 3.60. The fourth-order valence-corrected chi connectivity index (χ4v) is 3.08. The molecule has 0 bridgehead atoms. The van der Waals surface area contributed by atoms with Crippen molar-refractivity contribution in [1.82, 2.24) is 15.0 Å². The van der Waals surface area contributed by atoms with Crippen molar-refractivity contribution in [2.24, 2.45) is 0 Å². The van der Waals surface area contributed by atoms with Gasteiger partial charge in [-0.1, -0.05) is 20.8 Å². The maximum atomic E-state index is 11.6. The fourth-order valence-electron chi connectivity index (χ4n) is 3.08. The van der Waals surface area contributed by atoms with Gasteiger partial charge in [0.2, 0.25) is 17.8 Å². The standard InChI is InChI=1S/C18H30N6O6/c1-7-10(13(25)26)22(4)16-19-17(23(5)11(8-2)14(27)28)21-18(20-16)24(6)12(9-3)15(29)30/h10-12H,7-9H2,1-6H3,(H,25,26)(H,27,28)(H,29,30). The van der Waals surface area contributed by atoms with Crippen LogP contribution in [0.15, 0.2) is 0 Å². The van der Waals surface area contributed by atoms with Crippen LogP contribution in [0.25, 0.3) is 0 Å². The quantitative estimate of drug-likeness (QED) is 0.431. The Hall–Kier alpha value is -3.18. The molecule has 0 aliphatic carbocycles. The zero-order valence-corrected chi connectivity index (χ0v) is 18.1. The summed E-state index contributed by atoms with van der Waals surface area (Å²) in [5.74, 6) is -3.20. The van der Waals surface area contributed by atoms with Crippen LogP contribution in [-0.4, -0.2) is 87.4 Å². The Labute approximate surface area is 175 Å². The molecule has 3 atom stereocenters. The maximum Gasteiger partial charge on any atom is 0.326 e. The van der Waals surface area contributed by atoms with Crippen LogP contribution >= 0.6 is 0 Å². The minimum Gasteiger partial charge on any atom is -0.480 e. The summed E-state index contributed by atoms with van der Waals surface area (Å²) in [5.41, 5.74) is 0. The first-order chi connectivity index (χ1) is 14.0. The van der Waals surface area contributed by atoms with Crippen LogP contribution in [0, 0.1) is 0 Å². The smallest absolute Gasteiger partial charge is 0.326 e. The highest BCUT2D eigenvalue weighted by Gasteiger charge is 2.30. The molecule has 0 aliphatic rings. The number of nitrogens with zero attached hydrogens (tertiary/aromatic N) is 6. The molecule has 1 rings (SSSR count). The van der Waals surface area contributed by atoms with Gasteiger partial charge in [-0.15, -0.1) is 0 Å². The molecule has 3 unspecified atom stereocenters. The van der Waals surface area contributed by atoms with E-state index in [-0.39, 0.29) is 37.1 Å². The number of carbonyl (C=O) groups is 3. The molecule has 3 N–H and O–H groups in total. The van der Waals surface area contributed by atoms with Gasteiger partial charge in [-0.05, 0) is 19.3 Å². The average Bonchev–Trinajstić information content (AvgIpc) is 2.68. The number of carboxylic acid groups (broad SMARTS) is 3. The van der Waals surface area contributed by atoms with Crippen LogP contribution < -0.4 is 14.7 Å². The van der Waals surface area contributed by atoms with Crippen LogP contribution in [0.5, 0.6) is 0 Å². The van der Waals surface area contributed by atoms with E-state index < -0.39 is 36.0 Å². The minimum absolute atomic E-state index is 0.00318. The van der Waals surface area contributed by atoms with E-state index in [1.54, 1.807) is 20.8 Å². The highest BCUT2D eigenvalue weighted by atomic mass is 16.4. The zero-order valence-electron chi connectivity index (χ0n) is 18.1. The molecule has 1 aromatic rings. The lowest BCUT2D eigenvalue weighted by Gasteiger charge is -2.30. The number of hydrogen-bond donors (Lipinski definition) is 3. The number of likely N-dealkylation sites (N-methyl/N-ethyl adjacent to an activating group) is 3. The lowest BCUT2D eigenvalue weighted by molar-refractivity contribution is -0.139. The second-order valence-electron chi connectivity index (χ2n) is 6.85. The summed E-state index contributed by atoms with van der Waals surface area (Å²) >= 11 is 0. The summed E-state index contributed by atoms with van der Waals surface area (Å²) in [6.07, 6.45) is 0.813. The summed E-state index contributed by atoms with van der Waals surface area (Å²) in [4.78, 5) is 51.6. The first-order valence-corrected chi connectivity index (χ1v) is 9.62. The van der Waals surface area contributed by atoms with Gasteiger partial charge in [-0.2, -0.15) is 15.0 Å². The number of anilines is 3. The van der Waals surface area contributed by atoms with Gasteiger partial charge in [0.05, 0.1) is 0 Å². The Bertz CT molecular complexity index is 663. The van der Waals surface area contributed by atoms with Gasteiger partial charge >= 0.3 is 17.9 Å². The molecular formula is C18H30N6O6. The van der Waals surface area contributed by atoms with E-state index in [1.165, 1.54) is 35.8 Å². The molecular weight excluding hydrogens is 396 g/mol. The van der Waals surface area contributed by atoms with Crippen LogP contribution in [0.2, 0.25) is 0 Å². The van der Waals surface area contributed by atoms with E-state index in [4.69, 9.17) is 0 Å². The molecule has 0 saturated heterocycles. The highest BCUT2D eigenvalue weighted by molar-refractivity contribution is 5.79. The van der Waals surface area contributed by atoms with Gasteiger partial charge in [0.15, 0.2) is 0 Å². The van der Waals surface area contributed by atoms with Crippen LogP contribution in [0.4, 0.5) is 17.8 Å². The lowest BCUT2D eigenvalue weighted by atomic mass is 10.2. The Morgan fingerprint density at radius 3 is 0.967 bits per heavy atom. The van der Waals surface area contributed by atoms with E-state index in [9.17, 15) is 29.7 Å². The molecule has 0 aromatic carbocycles. The molecule has 12 nitrogen and oxygen atoms in total. The molecule has 30 heavy (non-hydrogen) atoms. The number of rotatable bonds is 12. The van der Waals surface area contributed by atoms with E-state index in [0.29, 0.717) is 0 Å². The normalized spacial score (nSPS) is 13.8. The molecule has 0 spiro atoms. The first kappa shape index (κ1) is 24.9. The van der Waals surface area contributed by atoms with E-state index in [0.717, 1.165) is 0 Å². The fraction of sp³-hybridized carbons (Fsp3) is 0.667. The molecule has 0 saturated carbocycles. The summed E-state index contributed by atoms with van der Waals surface area (Å²) in [7, 11) is 4.52. The van der Waals surface area contributed by atoms with Gasteiger partial charge in [-0.3, -0.25) is 0 Å². The maximum absolute atomic E-state index is 11.6. The number of hydrogen-bond acceptors (Lipinski definition) is 9. The van der Waals surface area contributed by atoms with Gasteiger partial charge < -0.3 is 30.0 Å². The minimum atomic E-state index is -1.07. The summed E-state index contributed by atoms with van der Waals surface area (Å²) in [5, 5.41) is 28.4. The van der Waals surface area contributed by atoms with Crippen molar-refractivity contribution >= 4 is 35.8 Å². The predicted molar refractivity (Wildman–Crippen MR) is 110 cm³/mol. The summed E-state index contributed by atoms with van der Waals surface area (Å²) < 4.78 is 0. The van der Waals surface area contributed by atoms with Gasteiger partial charge in [0, 0.05) is 21.1 Å². The average molecular weight is 426 g/mol. The zero-order chi connectivity index (χ0) is 23.2. The summed E-state index contributed by atoms with van der Waals surface area (Å²) in [6.45, 7) is 5.10. The highest BCUT2D eigenvalue weighted by Crippen LogP contribution is 2.23. The molecule has 1 aromatic heterocycles. The summed E-state index contributed by atoms with van der Waals surface area (Å²) in [6, 6.07) is -2.77. The number of aromatic nitrogens is 3. The second kappa shape index (κ2) is 10.6. The molecule has 168 valence electrons. The van der Waals surface area contributed by atoms with E-state index >= 15 is 0 Å². The Morgan fingerprint density at radius 1 is 0.633 bits per heavy atom. The SMILES string of the molecule is CCC(C(=O)O)N(C)c1nc(N(C)C(CC)C(=O)O)nc(N(C)C(CC)C(=O)O)n1. The van der Waals surface area contributed by atoms with E-state index in [2.05, 4.69) is 15.0 Å². The topological polar surface area (TPSA) is 160 Å². The predicted octanol–water partition coefficient (Wildman–Crippen LogP) is 0.770. The first-order valence-electron chi connectivity index (χ1n) is 9.62. The van der Waals surface area contributed by atoms with Gasteiger partial charge in [-0.25, -0.2) is 14.4 Å². The van der Waals surface area contributed by atoms with Crippen LogP contribution in [0.1, 0.15) is 40.0 Å². The van der Waals surface area contributed by atoms with Crippen molar-refractivity contribution < 1.29 is 29.7 Å². The third-order valence-electron chi connectivity index (χ3n) is 4.96. The second-order valence-corrected chi connectivity index (χ2v) is 6.85. The van der Waals surface area contributed by atoms with Crippen molar-refractivity contribution in [3.63, 3.8) is 0 Å².